The Kier molecular flexibility index (Phi) is 5.97. The molecule has 142 valence electrons. The minimum atomic E-state index is -0.197. The van der Waals surface area contributed by atoms with Gasteiger partial charge in [0.25, 0.3) is 5.56 Å². The number of likely N-dealkylation sites (tertiary alicyclic amines) is 1. The highest BCUT2D eigenvalue weighted by Gasteiger charge is 2.29. The van der Waals surface area contributed by atoms with Crippen molar-refractivity contribution in [2.24, 2.45) is 0 Å². The third-order valence-corrected chi connectivity index (χ3v) is 4.24. The summed E-state index contributed by atoms with van der Waals surface area (Å²) in [7, 11) is 0. The van der Waals surface area contributed by atoms with E-state index in [0.29, 0.717) is 31.4 Å². The van der Waals surface area contributed by atoms with Crippen molar-refractivity contribution in [3.05, 3.63) is 53.4 Å². The molecule has 2 aromatic rings. The Morgan fingerprint density at radius 1 is 1.44 bits per heavy atom. The molecule has 0 saturated carbocycles. The summed E-state index contributed by atoms with van der Waals surface area (Å²) in [6.45, 7) is 5.92. The van der Waals surface area contributed by atoms with Crippen LogP contribution < -0.4 is 16.2 Å². The Morgan fingerprint density at radius 3 is 2.96 bits per heavy atom. The maximum absolute atomic E-state index is 12.1. The van der Waals surface area contributed by atoms with Crippen molar-refractivity contribution in [1.82, 2.24) is 25.2 Å². The number of pyridine rings is 1. The van der Waals surface area contributed by atoms with E-state index in [1.165, 1.54) is 6.33 Å². The molecule has 2 aromatic heterocycles. The summed E-state index contributed by atoms with van der Waals surface area (Å²) >= 11 is 0. The molecule has 1 aliphatic rings. The van der Waals surface area contributed by atoms with Crippen molar-refractivity contribution in [3.63, 3.8) is 0 Å². The summed E-state index contributed by atoms with van der Waals surface area (Å²) in [6, 6.07) is 3.99. The van der Waals surface area contributed by atoms with Crippen molar-refractivity contribution in [3.8, 4) is 11.3 Å². The van der Waals surface area contributed by atoms with Crippen LogP contribution in [0.3, 0.4) is 0 Å². The molecule has 8 heteroatoms. The number of carbonyl (C=O) groups is 1. The summed E-state index contributed by atoms with van der Waals surface area (Å²) in [5, 5.41) is 6.43. The monoisotopic (exact) mass is 368 g/mol. The van der Waals surface area contributed by atoms with E-state index >= 15 is 0 Å². The van der Waals surface area contributed by atoms with Gasteiger partial charge in [-0.05, 0) is 12.1 Å². The zero-order chi connectivity index (χ0) is 19.2. The van der Waals surface area contributed by atoms with Gasteiger partial charge in [0.2, 0.25) is 5.91 Å². The second-order valence-electron chi connectivity index (χ2n) is 6.78. The van der Waals surface area contributed by atoms with E-state index in [2.05, 4.69) is 39.4 Å². The maximum Gasteiger partial charge on any atom is 0.271 e. The molecule has 1 fully saturated rings. The smallest absolute Gasteiger partial charge is 0.271 e. The van der Waals surface area contributed by atoms with Gasteiger partial charge < -0.3 is 20.5 Å². The van der Waals surface area contributed by atoms with Crippen LogP contribution in [0.4, 0.5) is 5.69 Å². The van der Waals surface area contributed by atoms with E-state index in [-0.39, 0.29) is 17.5 Å². The lowest BCUT2D eigenvalue weighted by Gasteiger charge is -2.39. The van der Waals surface area contributed by atoms with Gasteiger partial charge in [-0.25, -0.2) is 9.97 Å². The summed E-state index contributed by atoms with van der Waals surface area (Å²) in [6.07, 6.45) is 8.17. The molecular weight excluding hydrogens is 344 g/mol. The number of hydrogen-bond donors (Lipinski definition) is 3. The number of carbonyl (C=O) groups excluding carboxylic acids is 1. The van der Waals surface area contributed by atoms with Crippen LogP contribution in [-0.2, 0) is 4.79 Å². The highest BCUT2D eigenvalue weighted by atomic mass is 16.2. The molecule has 1 saturated heterocycles. The fourth-order valence-electron chi connectivity index (χ4n) is 2.74. The molecule has 1 amide bonds. The topological polar surface area (TPSA) is 103 Å². The van der Waals surface area contributed by atoms with Crippen molar-refractivity contribution < 1.29 is 4.79 Å². The third kappa shape index (κ3) is 5.01. The highest BCUT2D eigenvalue weighted by molar-refractivity contribution is 5.88. The molecule has 1 aliphatic heterocycles. The number of rotatable bonds is 7. The fourth-order valence-corrected chi connectivity index (χ4v) is 2.74. The highest BCUT2D eigenvalue weighted by Crippen LogP contribution is 2.19. The summed E-state index contributed by atoms with van der Waals surface area (Å²) in [4.78, 5) is 36.7. The van der Waals surface area contributed by atoms with E-state index in [1.807, 2.05) is 6.08 Å². The van der Waals surface area contributed by atoms with Crippen LogP contribution in [0.25, 0.3) is 11.3 Å². The molecule has 3 rings (SSSR count). The van der Waals surface area contributed by atoms with Crippen LogP contribution in [-0.4, -0.2) is 57.5 Å². The fraction of sp³-hybridized carbons (Fsp3) is 0.368. The van der Waals surface area contributed by atoms with Crippen LogP contribution in [0, 0.1) is 0 Å². The molecule has 0 radical (unpaired) electrons. The minimum absolute atomic E-state index is 0.0118. The van der Waals surface area contributed by atoms with Gasteiger partial charge in [0.15, 0.2) is 0 Å². The van der Waals surface area contributed by atoms with E-state index in [1.54, 1.807) is 35.5 Å². The van der Waals surface area contributed by atoms with Crippen LogP contribution >= 0.6 is 0 Å². The summed E-state index contributed by atoms with van der Waals surface area (Å²) in [5.41, 5.74) is 1.80. The number of aromatic amines is 1. The number of aromatic nitrogens is 3. The number of H-pyrrole nitrogens is 1. The van der Waals surface area contributed by atoms with Crippen LogP contribution in [0.5, 0.6) is 0 Å². The zero-order valence-electron chi connectivity index (χ0n) is 15.5. The average Bonchev–Trinajstić information content (AvgIpc) is 2.63. The molecule has 0 unspecified atom stereocenters. The van der Waals surface area contributed by atoms with E-state index in [0.717, 1.165) is 11.3 Å². The third-order valence-electron chi connectivity index (χ3n) is 4.24. The predicted molar refractivity (Wildman–Crippen MR) is 104 cm³/mol. The minimum Gasteiger partial charge on any atom is -0.374 e. The Morgan fingerprint density at radius 2 is 2.26 bits per heavy atom. The number of nitrogens with one attached hydrogen (secondary N) is 3. The van der Waals surface area contributed by atoms with E-state index < -0.39 is 0 Å². The van der Waals surface area contributed by atoms with Crippen LogP contribution in [0.15, 0.2) is 47.8 Å². The number of hydrogen-bond acceptors (Lipinski definition) is 6. The van der Waals surface area contributed by atoms with Crippen molar-refractivity contribution in [2.45, 2.75) is 25.9 Å². The van der Waals surface area contributed by atoms with Gasteiger partial charge in [-0.15, -0.1) is 0 Å². The molecule has 8 nitrogen and oxygen atoms in total. The first-order chi connectivity index (χ1) is 13.0. The standard InChI is InChI=1S/C19H24N6O2/c1-13(2)21-6-3-4-18(26)25-10-15(11-25)24-17-8-14(9-22-19(17)27)16-5-7-20-12-23-16/h3-5,7-9,12-13,15,21,24H,6,10-11H2,1-2H3,(H,22,27)/b4-3+. The quantitative estimate of drug-likeness (QED) is 0.630. The second kappa shape index (κ2) is 8.59. The van der Waals surface area contributed by atoms with Gasteiger partial charge in [0.1, 0.15) is 12.0 Å². The van der Waals surface area contributed by atoms with Gasteiger partial charge in [-0.2, -0.15) is 0 Å². The SMILES string of the molecule is CC(C)NC/C=C/C(=O)N1CC(Nc2cc(-c3ccncn3)c[nH]c2=O)C1. The van der Waals surface area contributed by atoms with Gasteiger partial charge in [-0.1, -0.05) is 19.9 Å². The second-order valence-corrected chi connectivity index (χ2v) is 6.78. The molecule has 27 heavy (non-hydrogen) atoms. The van der Waals surface area contributed by atoms with Crippen molar-refractivity contribution in [2.75, 3.05) is 25.0 Å². The van der Waals surface area contributed by atoms with E-state index in [9.17, 15) is 9.59 Å². The average molecular weight is 368 g/mol. The lowest BCUT2D eigenvalue weighted by molar-refractivity contribution is -0.129. The van der Waals surface area contributed by atoms with Gasteiger partial charge in [0.05, 0.1) is 11.7 Å². The van der Waals surface area contributed by atoms with Crippen LogP contribution in [0.1, 0.15) is 13.8 Å². The molecule has 3 N–H and O–H groups in total. The summed E-state index contributed by atoms with van der Waals surface area (Å²) in [5.74, 6) is -0.0118. The molecule has 0 atom stereocenters. The molecular formula is C19H24N6O2. The lowest BCUT2D eigenvalue weighted by atomic mass is 10.1. The molecule has 0 spiro atoms. The first-order valence-electron chi connectivity index (χ1n) is 8.97. The Balaban J connectivity index is 1.54. The van der Waals surface area contributed by atoms with Gasteiger partial charge in [-0.3, -0.25) is 9.59 Å². The predicted octanol–water partition coefficient (Wildman–Crippen LogP) is 1.01. The summed E-state index contributed by atoms with van der Waals surface area (Å²) < 4.78 is 0. The number of nitrogens with zero attached hydrogens (tertiary/aromatic N) is 3. The Bertz CT molecular complexity index is 856. The number of amides is 1. The largest absolute Gasteiger partial charge is 0.374 e. The van der Waals surface area contributed by atoms with E-state index in [4.69, 9.17) is 0 Å². The first kappa shape index (κ1) is 18.8. The molecule has 3 heterocycles. The maximum atomic E-state index is 12.1. The first-order valence-corrected chi connectivity index (χ1v) is 8.97. The van der Waals surface area contributed by atoms with Crippen LogP contribution in [0.2, 0.25) is 0 Å². The zero-order valence-corrected chi connectivity index (χ0v) is 15.5. The Labute approximate surface area is 157 Å². The van der Waals surface area contributed by atoms with Crippen molar-refractivity contribution in [1.29, 1.82) is 0 Å². The number of anilines is 1. The normalized spacial score (nSPS) is 14.6. The molecule has 0 bridgehead atoms. The lowest BCUT2D eigenvalue weighted by Crippen LogP contribution is -2.57. The molecule has 0 aromatic carbocycles. The van der Waals surface area contributed by atoms with Crippen molar-refractivity contribution >= 4 is 11.6 Å². The van der Waals surface area contributed by atoms with Gasteiger partial charge in [0, 0.05) is 49.7 Å². The molecule has 0 aliphatic carbocycles. The Hall–Kier alpha value is -3.00. The van der Waals surface area contributed by atoms with Gasteiger partial charge >= 0.3 is 0 Å².